The van der Waals surface area contributed by atoms with Gasteiger partial charge in [-0.3, -0.25) is 9.80 Å². The van der Waals surface area contributed by atoms with Crippen molar-refractivity contribution in [2.45, 2.75) is 85.7 Å². The predicted octanol–water partition coefficient (Wildman–Crippen LogP) is 6.70. The van der Waals surface area contributed by atoms with Crippen LogP contribution in [0.3, 0.4) is 0 Å². The minimum atomic E-state index is 0.624. The van der Waals surface area contributed by atoms with Crippen LogP contribution in [-0.2, 0) is 30.7 Å². The van der Waals surface area contributed by atoms with Crippen LogP contribution in [0.25, 0.3) is 0 Å². The lowest BCUT2D eigenvalue weighted by Crippen LogP contribution is -2.31. The van der Waals surface area contributed by atoms with Crippen LogP contribution in [0.15, 0.2) is 30.3 Å². The van der Waals surface area contributed by atoms with Gasteiger partial charge in [-0.1, -0.05) is 65.0 Å². The number of aryl methyl sites for hydroxylation is 1. The quantitative estimate of drug-likeness (QED) is 0.424. The second-order valence-corrected chi connectivity index (χ2v) is 10.8. The van der Waals surface area contributed by atoms with Crippen LogP contribution >= 0.6 is 0 Å². The summed E-state index contributed by atoms with van der Waals surface area (Å²) in [6.07, 6.45) is 3.55. The van der Waals surface area contributed by atoms with Crippen LogP contribution in [0.5, 0.6) is 0 Å². The number of methoxy groups -OCH3 is 1. The van der Waals surface area contributed by atoms with Gasteiger partial charge in [-0.15, -0.1) is 0 Å². The van der Waals surface area contributed by atoms with Crippen LogP contribution in [0.2, 0.25) is 0 Å². The molecular formula is C31H48N2O. The van der Waals surface area contributed by atoms with E-state index < -0.39 is 0 Å². The maximum Gasteiger partial charge on any atom is 0.0474 e. The van der Waals surface area contributed by atoms with Gasteiger partial charge in [-0.05, 0) is 83.5 Å². The molecule has 0 saturated heterocycles. The minimum Gasteiger partial charge on any atom is -0.385 e. The molecule has 0 radical (unpaired) electrons. The van der Waals surface area contributed by atoms with Crippen molar-refractivity contribution in [2.24, 2.45) is 0 Å². The van der Waals surface area contributed by atoms with E-state index in [4.69, 9.17) is 4.74 Å². The fraction of sp³-hybridized carbons (Fsp3) is 0.613. The van der Waals surface area contributed by atoms with E-state index in [-0.39, 0.29) is 0 Å². The Morgan fingerprint density at radius 3 is 2.18 bits per heavy atom. The third-order valence-corrected chi connectivity index (χ3v) is 7.56. The summed E-state index contributed by atoms with van der Waals surface area (Å²) in [6.45, 7) is 21.5. The molecule has 0 atom stereocenters. The Bertz CT molecular complexity index is 918. The molecule has 2 heterocycles. The summed E-state index contributed by atoms with van der Waals surface area (Å²) in [4.78, 5) is 5.08. The number of ether oxygens (including phenoxy) is 1. The largest absolute Gasteiger partial charge is 0.385 e. The molecule has 2 aromatic carbocycles. The minimum absolute atomic E-state index is 0.624. The fourth-order valence-electron chi connectivity index (χ4n) is 5.32. The first-order valence-corrected chi connectivity index (χ1v) is 13.5. The first-order chi connectivity index (χ1) is 16.3. The smallest absolute Gasteiger partial charge is 0.0474 e. The van der Waals surface area contributed by atoms with Crippen molar-refractivity contribution in [3.05, 3.63) is 69.3 Å². The van der Waals surface area contributed by atoms with Crippen LogP contribution in [0.1, 0.15) is 91.8 Å². The van der Waals surface area contributed by atoms with E-state index in [1.807, 2.05) is 0 Å². The van der Waals surface area contributed by atoms with Crippen molar-refractivity contribution in [3.8, 4) is 0 Å². The molecule has 0 bridgehead atoms. The number of fused-ring (bicyclic) bond motifs is 2. The first kappa shape index (κ1) is 26.9. The number of nitrogens with zero attached hydrogens (tertiary/aromatic N) is 2. The van der Waals surface area contributed by atoms with Gasteiger partial charge in [0.1, 0.15) is 0 Å². The zero-order valence-electron chi connectivity index (χ0n) is 22.9. The number of hydrogen-bond acceptors (Lipinski definition) is 3. The van der Waals surface area contributed by atoms with Crippen molar-refractivity contribution >= 4 is 0 Å². The lowest BCUT2D eigenvalue weighted by molar-refractivity contribution is 0.167. The topological polar surface area (TPSA) is 15.7 Å². The molecule has 0 amide bonds. The van der Waals surface area contributed by atoms with Crippen molar-refractivity contribution in [1.29, 1.82) is 0 Å². The van der Waals surface area contributed by atoms with Gasteiger partial charge in [0.25, 0.3) is 0 Å². The third kappa shape index (κ3) is 7.16. The summed E-state index contributed by atoms with van der Waals surface area (Å²) in [5.74, 6) is 1.27. The highest BCUT2D eigenvalue weighted by Crippen LogP contribution is 2.27. The summed E-state index contributed by atoms with van der Waals surface area (Å²) >= 11 is 0. The van der Waals surface area contributed by atoms with Crippen molar-refractivity contribution in [2.75, 3.05) is 39.9 Å². The monoisotopic (exact) mass is 464 g/mol. The molecule has 188 valence electrons. The second-order valence-electron chi connectivity index (χ2n) is 10.8. The van der Waals surface area contributed by atoms with Crippen molar-refractivity contribution in [3.63, 3.8) is 0 Å². The lowest BCUT2D eigenvalue weighted by atomic mass is 9.90. The zero-order valence-corrected chi connectivity index (χ0v) is 22.9. The lowest BCUT2D eigenvalue weighted by Gasteiger charge is -2.29. The predicted molar refractivity (Wildman–Crippen MR) is 146 cm³/mol. The molecule has 0 aromatic heterocycles. The molecule has 0 saturated carbocycles. The van der Waals surface area contributed by atoms with Crippen LogP contribution in [0.4, 0.5) is 0 Å². The van der Waals surface area contributed by atoms with Gasteiger partial charge < -0.3 is 4.74 Å². The average Bonchev–Trinajstić information content (AvgIpc) is 2.83. The Morgan fingerprint density at radius 2 is 1.50 bits per heavy atom. The second kappa shape index (κ2) is 12.9. The number of likely N-dealkylation sites (N-methyl/N-ethyl adjacent to an activating group) is 1. The Balaban J connectivity index is 0.000000192. The molecule has 3 nitrogen and oxygen atoms in total. The molecule has 2 aliphatic heterocycles. The molecule has 0 spiro atoms. The van der Waals surface area contributed by atoms with E-state index in [2.05, 4.69) is 81.7 Å². The Hall–Kier alpha value is -1.68. The van der Waals surface area contributed by atoms with Crippen LogP contribution in [0, 0.1) is 6.92 Å². The highest BCUT2D eigenvalue weighted by Gasteiger charge is 2.18. The number of hydrogen-bond donors (Lipinski definition) is 0. The van der Waals surface area contributed by atoms with Gasteiger partial charge in [0.05, 0.1) is 0 Å². The fourth-order valence-corrected chi connectivity index (χ4v) is 5.32. The summed E-state index contributed by atoms with van der Waals surface area (Å²) in [7, 11) is 1.78. The molecule has 3 heteroatoms. The van der Waals surface area contributed by atoms with Crippen LogP contribution in [-0.4, -0.2) is 49.7 Å². The molecule has 0 fully saturated rings. The molecule has 4 rings (SSSR count). The van der Waals surface area contributed by atoms with E-state index in [0.29, 0.717) is 11.8 Å². The van der Waals surface area contributed by atoms with Gasteiger partial charge >= 0.3 is 0 Å². The van der Waals surface area contributed by atoms with E-state index in [0.717, 1.165) is 32.7 Å². The van der Waals surface area contributed by atoms with Gasteiger partial charge in [-0.25, -0.2) is 0 Å². The average molecular weight is 465 g/mol. The van der Waals surface area contributed by atoms with Gasteiger partial charge in [0.2, 0.25) is 0 Å². The van der Waals surface area contributed by atoms with Gasteiger partial charge in [0, 0.05) is 46.4 Å². The van der Waals surface area contributed by atoms with Gasteiger partial charge in [-0.2, -0.15) is 0 Å². The molecule has 2 aliphatic rings. The standard InChI is InChI=1S/C16H25NO.C15H23N/c1-13(2)15-6-5-14-7-9-17(8-4-10-18-3)12-16(14)11-15;1-5-16-7-6-13-8-12(4)15(11(2)3)9-14(13)10-16/h5-6,11,13H,4,7-10,12H2,1-3H3;8-9,11H,5-7,10H2,1-4H3. The maximum atomic E-state index is 5.13. The van der Waals surface area contributed by atoms with E-state index in [1.165, 1.54) is 54.7 Å². The van der Waals surface area contributed by atoms with Gasteiger partial charge in [0.15, 0.2) is 0 Å². The molecule has 0 unspecified atom stereocenters. The normalized spacial score (nSPS) is 16.3. The zero-order chi connectivity index (χ0) is 24.7. The van der Waals surface area contributed by atoms with Crippen LogP contribution < -0.4 is 0 Å². The van der Waals surface area contributed by atoms with Crippen molar-refractivity contribution in [1.82, 2.24) is 9.80 Å². The molecule has 0 aliphatic carbocycles. The molecule has 0 N–H and O–H groups in total. The Kier molecular flexibility index (Phi) is 10.2. The maximum absolute atomic E-state index is 5.13. The number of rotatable bonds is 7. The van der Waals surface area contributed by atoms with E-state index in [1.54, 1.807) is 23.8 Å². The number of benzene rings is 2. The molecule has 34 heavy (non-hydrogen) atoms. The van der Waals surface area contributed by atoms with E-state index in [9.17, 15) is 0 Å². The molecular weight excluding hydrogens is 416 g/mol. The summed E-state index contributed by atoms with van der Waals surface area (Å²) < 4.78 is 5.13. The first-order valence-electron chi connectivity index (χ1n) is 13.5. The SMILES string of the molecule is CCN1CCc2cc(C)c(C(C)C)cc2C1.COCCCN1CCc2ccc(C(C)C)cc2C1. The highest BCUT2D eigenvalue weighted by atomic mass is 16.5. The Labute approximate surface area is 209 Å². The third-order valence-electron chi connectivity index (χ3n) is 7.56. The van der Waals surface area contributed by atoms with E-state index >= 15 is 0 Å². The highest BCUT2D eigenvalue weighted by molar-refractivity contribution is 5.40. The summed E-state index contributed by atoms with van der Waals surface area (Å²) in [5.41, 5.74) is 10.7. The molecule has 2 aromatic rings. The van der Waals surface area contributed by atoms with Crippen molar-refractivity contribution < 1.29 is 4.74 Å². The summed E-state index contributed by atoms with van der Waals surface area (Å²) in [5, 5.41) is 0. The Morgan fingerprint density at radius 1 is 0.824 bits per heavy atom. The summed E-state index contributed by atoms with van der Waals surface area (Å²) in [6, 6.07) is 11.9.